The number of hydrogen-bond donors (Lipinski definition) is 1. The molecule has 0 radical (unpaired) electrons. The van der Waals surface area contributed by atoms with Gasteiger partial charge in [0.05, 0.1) is 11.6 Å². The van der Waals surface area contributed by atoms with E-state index in [0.29, 0.717) is 5.69 Å². The van der Waals surface area contributed by atoms with Crippen LogP contribution >= 0.6 is 0 Å². The maximum atomic E-state index is 13.0. The molecule has 0 aromatic carbocycles. The van der Waals surface area contributed by atoms with Gasteiger partial charge in [0.15, 0.2) is 5.69 Å². The molecule has 1 amide bonds. The molecule has 2 aromatic rings. The number of nitrogens with one attached hydrogen (secondary N) is 1. The number of likely N-dealkylation sites (tertiary alicyclic amines) is 1. The second-order valence-corrected chi connectivity index (χ2v) is 7.13. The molecule has 1 unspecified atom stereocenters. The van der Waals surface area contributed by atoms with Crippen molar-refractivity contribution in [2.75, 3.05) is 6.54 Å². The predicted molar refractivity (Wildman–Crippen MR) is 86.0 cm³/mol. The summed E-state index contributed by atoms with van der Waals surface area (Å²) in [5.41, 5.74) is 1.35. The number of H-pyrrole nitrogens is 1. The second kappa shape index (κ2) is 5.79. The molecule has 1 N–H and O–H groups in total. The SMILES string of the molecule is Cc1cc(C(=O)N2CCCCC2c2ncn[nH]2)nn1C(C)(C)C. The number of nitrogens with zero attached hydrogens (tertiary/aromatic N) is 5. The summed E-state index contributed by atoms with van der Waals surface area (Å²) >= 11 is 0. The van der Waals surface area contributed by atoms with Crippen molar-refractivity contribution in [2.45, 2.75) is 58.5 Å². The van der Waals surface area contributed by atoms with Crippen molar-refractivity contribution >= 4 is 5.91 Å². The molecule has 7 heteroatoms. The van der Waals surface area contributed by atoms with E-state index in [-0.39, 0.29) is 17.5 Å². The number of carbonyl (C=O) groups excluding carboxylic acids is 1. The lowest BCUT2D eigenvalue weighted by Gasteiger charge is -2.33. The van der Waals surface area contributed by atoms with Gasteiger partial charge in [-0.3, -0.25) is 14.6 Å². The van der Waals surface area contributed by atoms with Gasteiger partial charge in [0.25, 0.3) is 5.91 Å². The van der Waals surface area contributed by atoms with Gasteiger partial charge in [-0.25, -0.2) is 4.98 Å². The minimum absolute atomic E-state index is 0.0304. The van der Waals surface area contributed by atoms with Crippen LogP contribution in [0.3, 0.4) is 0 Å². The number of aromatic nitrogens is 5. The Bertz CT molecular complexity index is 682. The Labute approximate surface area is 136 Å². The number of aromatic amines is 1. The van der Waals surface area contributed by atoms with Crippen molar-refractivity contribution in [3.8, 4) is 0 Å². The van der Waals surface area contributed by atoms with Crippen molar-refractivity contribution in [3.63, 3.8) is 0 Å². The van der Waals surface area contributed by atoms with Crippen LogP contribution in [0.1, 0.15) is 68.1 Å². The number of aryl methyl sites for hydroxylation is 1. The maximum Gasteiger partial charge on any atom is 0.274 e. The van der Waals surface area contributed by atoms with E-state index in [1.807, 2.05) is 22.6 Å². The fourth-order valence-electron chi connectivity index (χ4n) is 3.24. The molecular weight excluding hydrogens is 292 g/mol. The van der Waals surface area contributed by atoms with E-state index in [4.69, 9.17) is 0 Å². The highest BCUT2D eigenvalue weighted by Gasteiger charge is 2.32. The van der Waals surface area contributed by atoms with Gasteiger partial charge in [0, 0.05) is 12.2 Å². The number of hydrogen-bond acceptors (Lipinski definition) is 4. The number of amides is 1. The monoisotopic (exact) mass is 316 g/mol. The molecule has 23 heavy (non-hydrogen) atoms. The summed E-state index contributed by atoms with van der Waals surface area (Å²) in [5, 5.41) is 11.4. The lowest BCUT2D eigenvalue weighted by molar-refractivity contribution is 0.0592. The first-order chi connectivity index (χ1) is 10.9. The highest BCUT2D eigenvalue weighted by molar-refractivity contribution is 5.92. The quantitative estimate of drug-likeness (QED) is 0.923. The van der Waals surface area contributed by atoms with Crippen LogP contribution in [0.2, 0.25) is 0 Å². The smallest absolute Gasteiger partial charge is 0.274 e. The molecule has 1 aliphatic rings. The van der Waals surface area contributed by atoms with Crippen LogP contribution in [0, 0.1) is 6.92 Å². The third-order valence-corrected chi connectivity index (χ3v) is 4.25. The molecule has 0 bridgehead atoms. The van der Waals surface area contributed by atoms with E-state index in [2.05, 4.69) is 41.1 Å². The Hall–Kier alpha value is -2.18. The summed E-state index contributed by atoms with van der Waals surface area (Å²) in [6.45, 7) is 8.96. The zero-order chi connectivity index (χ0) is 16.6. The standard InChI is InChI=1S/C16H24N6O/c1-11-9-12(20-22(11)16(2,3)4)15(23)21-8-6-5-7-13(21)14-17-10-18-19-14/h9-10,13H,5-8H2,1-4H3,(H,17,18,19). The fourth-order valence-corrected chi connectivity index (χ4v) is 3.24. The second-order valence-electron chi connectivity index (χ2n) is 7.13. The zero-order valence-electron chi connectivity index (χ0n) is 14.2. The molecule has 0 spiro atoms. The van der Waals surface area contributed by atoms with Gasteiger partial charge in [0.1, 0.15) is 12.2 Å². The topological polar surface area (TPSA) is 79.7 Å². The fraction of sp³-hybridized carbons (Fsp3) is 0.625. The summed E-state index contributed by atoms with van der Waals surface area (Å²) in [7, 11) is 0. The van der Waals surface area contributed by atoms with E-state index in [1.165, 1.54) is 6.33 Å². The average molecular weight is 316 g/mol. The molecular formula is C16H24N6O. The first-order valence-corrected chi connectivity index (χ1v) is 8.11. The van der Waals surface area contributed by atoms with Gasteiger partial charge in [-0.2, -0.15) is 10.2 Å². The van der Waals surface area contributed by atoms with E-state index >= 15 is 0 Å². The Morgan fingerprint density at radius 3 is 2.74 bits per heavy atom. The van der Waals surface area contributed by atoms with Crippen molar-refractivity contribution < 1.29 is 4.79 Å². The Balaban J connectivity index is 1.89. The lowest BCUT2D eigenvalue weighted by Crippen LogP contribution is -2.39. The highest BCUT2D eigenvalue weighted by Crippen LogP contribution is 2.30. The molecule has 0 saturated carbocycles. The normalized spacial score (nSPS) is 19.1. The van der Waals surface area contributed by atoms with Gasteiger partial charge in [-0.1, -0.05) is 0 Å². The number of piperidine rings is 1. The van der Waals surface area contributed by atoms with Crippen LogP contribution in [0.15, 0.2) is 12.4 Å². The Kier molecular flexibility index (Phi) is 3.95. The van der Waals surface area contributed by atoms with Crippen LogP contribution in [-0.4, -0.2) is 42.3 Å². The van der Waals surface area contributed by atoms with Crippen molar-refractivity contribution in [2.24, 2.45) is 0 Å². The first kappa shape index (κ1) is 15.7. The Morgan fingerprint density at radius 2 is 2.13 bits per heavy atom. The number of carbonyl (C=O) groups is 1. The summed E-state index contributed by atoms with van der Waals surface area (Å²) < 4.78 is 1.91. The van der Waals surface area contributed by atoms with Crippen LogP contribution < -0.4 is 0 Å². The van der Waals surface area contributed by atoms with E-state index in [1.54, 1.807) is 0 Å². The molecule has 1 saturated heterocycles. The summed E-state index contributed by atoms with van der Waals surface area (Å²) in [5.74, 6) is 0.724. The largest absolute Gasteiger partial charge is 0.327 e. The maximum absolute atomic E-state index is 13.0. The van der Waals surface area contributed by atoms with Crippen LogP contribution in [0.25, 0.3) is 0 Å². The van der Waals surface area contributed by atoms with Gasteiger partial charge >= 0.3 is 0 Å². The molecule has 1 fully saturated rings. The summed E-state index contributed by atoms with van der Waals surface area (Å²) in [4.78, 5) is 19.1. The molecule has 1 aliphatic heterocycles. The van der Waals surface area contributed by atoms with E-state index in [0.717, 1.165) is 37.3 Å². The molecule has 0 aliphatic carbocycles. The van der Waals surface area contributed by atoms with Gasteiger partial charge in [-0.15, -0.1) is 0 Å². The van der Waals surface area contributed by atoms with Crippen molar-refractivity contribution in [1.29, 1.82) is 0 Å². The van der Waals surface area contributed by atoms with E-state index < -0.39 is 0 Å². The van der Waals surface area contributed by atoms with Crippen LogP contribution in [0.4, 0.5) is 0 Å². The predicted octanol–water partition coefficient (Wildman–Crippen LogP) is 2.43. The van der Waals surface area contributed by atoms with E-state index in [9.17, 15) is 4.79 Å². The third-order valence-electron chi connectivity index (χ3n) is 4.25. The van der Waals surface area contributed by atoms with Crippen molar-refractivity contribution in [3.05, 3.63) is 29.6 Å². The Morgan fingerprint density at radius 1 is 1.35 bits per heavy atom. The summed E-state index contributed by atoms with van der Waals surface area (Å²) in [6, 6.07) is 1.83. The minimum Gasteiger partial charge on any atom is -0.327 e. The van der Waals surface area contributed by atoms with Crippen LogP contribution in [0.5, 0.6) is 0 Å². The third kappa shape index (κ3) is 3.00. The molecule has 2 aromatic heterocycles. The number of rotatable bonds is 2. The molecule has 7 nitrogen and oxygen atoms in total. The average Bonchev–Trinajstić information content (AvgIpc) is 3.15. The summed E-state index contributed by atoms with van der Waals surface area (Å²) in [6.07, 6.45) is 4.49. The molecule has 124 valence electrons. The van der Waals surface area contributed by atoms with Gasteiger partial charge < -0.3 is 4.90 Å². The minimum atomic E-state index is -0.144. The van der Waals surface area contributed by atoms with Crippen LogP contribution in [-0.2, 0) is 5.54 Å². The molecule has 1 atom stereocenters. The molecule has 3 heterocycles. The molecule has 3 rings (SSSR count). The van der Waals surface area contributed by atoms with Gasteiger partial charge in [-0.05, 0) is 53.0 Å². The van der Waals surface area contributed by atoms with Gasteiger partial charge in [0.2, 0.25) is 0 Å². The first-order valence-electron chi connectivity index (χ1n) is 8.11. The zero-order valence-corrected chi connectivity index (χ0v) is 14.2. The lowest BCUT2D eigenvalue weighted by atomic mass is 10.0. The van der Waals surface area contributed by atoms with Crippen molar-refractivity contribution in [1.82, 2.24) is 29.9 Å². The highest BCUT2D eigenvalue weighted by atomic mass is 16.2.